The van der Waals surface area contributed by atoms with Gasteiger partial charge in [0, 0.05) is 19.0 Å². The first kappa shape index (κ1) is 33.4. The highest BCUT2D eigenvalue weighted by molar-refractivity contribution is 7.92. The lowest BCUT2D eigenvalue weighted by Crippen LogP contribution is -2.54. The lowest BCUT2D eigenvalue weighted by molar-refractivity contribution is -0.140. The zero-order valence-electron chi connectivity index (χ0n) is 26.1. The van der Waals surface area contributed by atoms with Crippen molar-refractivity contribution in [2.45, 2.75) is 64.1 Å². The van der Waals surface area contributed by atoms with E-state index in [0.29, 0.717) is 17.7 Å². The second-order valence-corrected chi connectivity index (χ2v) is 13.2. The number of nitrogens with one attached hydrogen (secondary N) is 1. The van der Waals surface area contributed by atoms with E-state index in [-0.39, 0.29) is 29.8 Å². The molecule has 7 nitrogen and oxygen atoms in total. The summed E-state index contributed by atoms with van der Waals surface area (Å²) in [6.07, 6.45) is 0.885. The summed E-state index contributed by atoms with van der Waals surface area (Å²) < 4.78 is 43.2. The van der Waals surface area contributed by atoms with E-state index in [4.69, 9.17) is 0 Å². The second kappa shape index (κ2) is 15.0. The van der Waals surface area contributed by atoms with Crippen LogP contribution in [0, 0.1) is 19.7 Å². The Labute approximate surface area is 265 Å². The molecule has 9 heteroatoms. The SMILES string of the molecule is CC[C@@H](C)NC(=O)[C@H](Cc1ccccc1)N(Cc1ccc(F)cc1)C(=O)CN(c1cc(C)cc(C)c1)S(=O)(=O)c1ccccc1. The van der Waals surface area contributed by atoms with Gasteiger partial charge in [-0.15, -0.1) is 0 Å². The minimum Gasteiger partial charge on any atom is -0.352 e. The third-order valence-corrected chi connectivity index (χ3v) is 9.43. The van der Waals surface area contributed by atoms with Gasteiger partial charge in [0.1, 0.15) is 18.4 Å². The molecule has 4 aromatic carbocycles. The first-order chi connectivity index (χ1) is 21.5. The van der Waals surface area contributed by atoms with Gasteiger partial charge in [-0.05, 0) is 85.8 Å². The highest BCUT2D eigenvalue weighted by Gasteiger charge is 2.35. The van der Waals surface area contributed by atoms with E-state index < -0.39 is 34.3 Å². The normalized spacial score (nSPS) is 12.6. The Bertz CT molecular complexity index is 1680. The molecule has 0 bridgehead atoms. The summed E-state index contributed by atoms with van der Waals surface area (Å²) in [7, 11) is -4.19. The number of sulfonamides is 1. The maximum Gasteiger partial charge on any atom is 0.264 e. The molecular weight excluding hydrogens is 589 g/mol. The van der Waals surface area contributed by atoms with Crippen molar-refractivity contribution in [3.8, 4) is 0 Å². The van der Waals surface area contributed by atoms with Crippen molar-refractivity contribution in [1.82, 2.24) is 10.2 Å². The van der Waals surface area contributed by atoms with Crippen LogP contribution in [0.5, 0.6) is 0 Å². The van der Waals surface area contributed by atoms with Crippen LogP contribution in [-0.4, -0.2) is 43.8 Å². The summed E-state index contributed by atoms with van der Waals surface area (Å²) in [5.74, 6) is -1.35. The number of carbonyl (C=O) groups is 2. The molecule has 0 saturated heterocycles. The zero-order chi connectivity index (χ0) is 32.6. The van der Waals surface area contributed by atoms with Crippen LogP contribution in [0.3, 0.4) is 0 Å². The fourth-order valence-electron chi connectivity index (χ4n) is 5.12. The van der Waals surface area contributed by atoms with Crippen LogP contribution in [0.4, 0.5) is 10.1 Å². The summed E-state index contributed by atoms with van der Waals surface area (Å²) in [5, 5.41) is 3.01. The number of halogens is 1. The van der Waals surface area contributed by atoms with Crippen molar-refractivity contribution in [2.75, 3.05) is 10.8 Å². The Morgan fingerprint density at radius 3 is 1.98 bits per heavy atom. The Kier molecular flexibility index (Phi) is 11.1. The topological polar surface area (TPSA) is 86.8 Å². The number of hydrogen-bond donors (Lipinski definition) is 1. The Morgan fingerprint density at radius 2 is 1.40 bits per heavy atom. The van der Waals surface area contributed by atoms with Gasteiger partial charge >= 0.3 is 0 Å². The largest absolute Gasteiger partial charge is 0.352 e. The van der Waals surface area contributed by atoms with E-state index >= 15 is 0 Å². The van der Waals surface area contributed by atoms with Crippen LogP contribution in [0.2, 0.25) is 0 Å². The minimum absolute atomic E-state index is 0.0311. The number of nitrogens with zero attached hydrogens (tertiary/aromatic N) is 2. The van der Waals surface area contributed by atoms with E-state index in [1.165, 1.54) is 29.2 Å². The molecule has 0 aliphatic rings. The van der Waals surface area contributed by atoms with Gasteiger partial charge in [0.25, 0.3) is 10.0 Å². The van der Waals surface area contributed by atoms with Gasteiger partial charge in [-0.1, -0.05) is 73.7 Å². The summed E-state index contributed by atoms with van der Waals surface area (Å²) in [4.78, 5) is 29.8. The van der Waals surface area contributed by atoms with Gasteiger partial charge < -0.3 is 10.2 Å². The van der Waals surface area contributed by atoms with E-state index in [9.17, 15) is 22.4 Å². The van der Waals surface area contributed by atoms with Crippen LogP contribution in [0.15, 0.2) is 108 Å². The van der Waals surface area contributed by atoms with Gasteiger partial charge in [0.05, 0.1) is 10.6 Å². The first-order valence-electron chi connectivity index (χ1n) is 15.0. The summed E-state index contributed by atoms with van der Waals surface area (Å²) in [6.45, 7) is 6.98. The molecule has 4 aromatic rings. The fourth-order valence-corrected chi connectivity index (χ4v) is 6.54. The van der Waals surface area contributed by atoms with Gasteiger partial charge in [0.2, 0.25) is 11.8 Å². The number of benzene rings is 4. The molecule has 0 radical (unpaired) electrons. The standard InChI is InChI=1S/C36H40FN3O4S/c1-5-28(4)38-36(42)34(23-29-12-8-6-9-13-29)39(24-30-16-18-31(37)19-17-30)35(41)25-40(32-21-26(2)20-27(3)22-32)45(43,44)33-14-10-7-11-15-33/h6-22,28,34H,5,23-25H2,1-4H3,(H,38,42)/t28-,34+/m1/s1. The van der Waals surface area contributed by atoms with Gasteiger partial charge in [-0.3, -0.25) is 13.9 Å². The Balaban J connectivity index is 1.82. The second-order valence-electron chi connectivity index (χ2n) is 11.3. The monoisotopic (exact) mass is 629 g/mol. The van der Waals surface area contributed by atoms with Crippen LogP contribution >= 0.6 is 0 Å². The maximum atomic E-state index is 14.5. The molecule has 4 rings (SSSR count). The lowest BCUT2D eigenvalue weighted by Gasteiger charge is -2.34. The van der Waals surface area contributed by atoms with Crippen molar-refractivity contribution in [1.29, 1.82) is 0 Å². The fraction of sp³-hybridized carbons (Fsp3) is 0.278. The predicted molar refractivity (Wildman–Crippen MR) is 176 cm³/mol. The molecular formula is C36H40FN3O4S. The van der Waals surface area contributed by atoms with E-state index in [1.54, 1.807) is 42.5 Å². The summed E-state index contributed by atoms with van der Waals surface area (Å²) in [5.41, 5.74) is 3.45. The average molecular weight is 630 g/mol. The first-order valence-corrected chi connectivity index (χ1v) is 16.5. The number of amides is 2. The van der Waals surface area contributed by atoms with Crippen LogP contribution in [0.25, 0.3) is 0 Å². The molecule has 1 N–H and O–H groups in total. The van der Waals surface area contributed by atoms with E-state index in [0.717, 1.165) is 21.0 Å². The molecule has 236 valence electrons. The third-order valence-electron chi connectivity index (χ3n) is 7.64. The van der Waals surface area contributed by atoms with Gasteiger partial charge in [-0.2, -0.15) is 0 Å². The Hall–Kier alpha value is -4.50. The lowest BCUT2D eigenvalue weighted by atomic mass is 10.0. The van der Waals surface area contributed by atoms with E-state index in [1.807, 2.05) is 64.1 Å². The number of hydrogen-bond acceptors (Lipinski definition) is 4. The van der Waals surface area contributed by atoms with E-state index in [2.05, 4.69) is 5.32 Å². The zero-order valence-corrected chi connectivity index (χ0v) is 26.9. The van der Waals surface area contributed by atoms with Crippen molar-refractivity contribution in [3.63, 3.8) is 0 Å². The molecule has 0 saturated carbocycles. The number of aryl methyl sites for hydroxylation is 2. The number of rotatable bonds is 13. The van der Waals surface area contributed by atoms with Crippen LogP contribution < -0.4 is 9.62 Å². The molecule has 0 heterocycles. The highest BCUT2D eigenvalue weighted by atomic mass is 32.2. The molecule has 0 unspecified atom stereocenters. The molecule has 45 heavy (non-hydrogen) atoms. The number of carbonyl (C=O) groups excluding carboxylic acids is 2. The number of anilines is 1. The average Bonchev–Trinajstić information content (AvgIpc) is 3.02. The molecule has 2 atom stereocenters. The molecule has 0 aliphatic carbocycles. The van der Waals surface area contributed by atoms with Crippen molar-refractivity contribution < 1.29 is 22.4 Å². The van der Waals surface area contributed by atoms with Crippen molar-refractivity contribution >= 4 is 27.5 Å². The minimum atomic E-state index is -4.19. The maximum absolute atomic E-state index is 14.5. The Morgan fingerprint density at radius 1 is 0.822 bits per heavy atom. The van der Waals surface area contributed by atoms with Crippen LogP contribution in [0.1, 0.15) is 42.5 Å². The van der Waals surface area contributed by atoms with Gasteiger partial charge in [-0.25, -0.2) is 12.8 Å². The van der Waals surface area contributed by atoms with Crippen molar-refractivity contribution in [3.05, 3.63) is 131 Å². The molecule has 0 aliphatic heterocycles. The molecule has 0 spiro atoms. The molecule has 0 aromatic heterocycles. The third kappa shape index (κ3) is 8.79. The summed E-state index contributed by atoms with van der Waals surface area (Å²) >= 11 is 0. The summed E-state index contributed by atoms with van der Waals surface area (Å²) in [6, 6.07) is 27.3. The quantitative estimate of drug-likeness (QED) is 0.191. The van der Waals surface area contributed by atoms with Crippen LogP contribution in [-0.2, 0) is 32.6 Å². The molecule has 0 fully saturated rings. The molecule has 2 amide bonds. The van der Waals surface area contributed by atoms with Gasteiger partial charge in [0.15, 0.2) is 0 Å². The highest BCUT2D eigenvalue weighted by Crippen LogP contribution is 2.27. The smallest absolute Gasteiger partial charge is 0.264 e. The van der Waals surface area contributed by atoms with Crippen molar-refractivity contribution in [2.24, 2.45) is 0 Å². The predicted octanol–water partition coefficient (Wildman–Crippen LogP) is 6.19.